The fraction of sp³-hybridized carbons (Fsp3) is 0.900. The molecule has 1 rings (SSSR count). The van der Waals surface area contributed by atoms with Gasteiger partial charge in [0.05, 0.1) is 0 Å². The summed E-state index contributed by atoms with van der Waals surface area (Å²) >= 11 is 0. The smallest absolute Gasteiger partial charge is 0.249 e. The maximum Gasteiger partial charge on any atom is 0.249 e. The lowest BCUT2D eigenvalue weighted by molar-refractivity contribution is -0.132. The monoisotopic (exact) mass is 185 g/mol. The SMILES string of the molecule is COC(C)C(=O)NC1CC(C)(C)C1. The van der Waals surface area contributed by atoms with E-state index in [9.17, 15) is 4.79 Å². The van der Waals surface area contributed by atoms with Gasteiger partial charge in [-0.2, -0.15) is 0 Å². The van der Waals surface area contributed by atoms with E-state index in [1.165, 1.54) is 0 Å². The Labute approximate surface area is 79.8 Å². The molecule has 0 aromatic heterocycles. The average Bonchev–Trinajstić information content (AvgIpc) is 1.99. The van der Waals surface area contributed by atoms with Crippen LogP contribution in [0.1, 0.15) is 33.6 Å². The van der Waals surface area contributed by atoms with Crippen molar-refractivity contribution in [2.45, 2.75) is 45.8 Å². The van der Waals surface area contributed by atoms with E-state index in [2.05, 4.69) is 19.2 Å². The van der Waals surface area contributed by atoms with Crippen LogP contribution in [-0.4, -0.2) is 25.2 Å². The highest BCUT2D eigenvalue weighted by atomic mass is 16.5. The van der Waals surface area contributed by atoms with Gasteiger partial charge < -0.3 is 10.1 Å². The molecule has 1 fully saturated rings. The summed E-state index contributed by atoms with van der Waals surface area (Å²) in [6.07, 6.45) is 1.83. The summed E-state index contributed by atoms with van der Waals surface area (Å²) in [6.45, 7) is 6.20. The highest BCUT2D eigenvalue weighted by molar-refractivity contribution is 5.80. The van der Waals surface area contributed by atoms with Crippen LogP contribution in [0, 0.1) is 5.41 Å². The predicted octanol–water partition coefficient (Wildman–Crippen LogP) is 1.33. The van der Waals surface area contributed by atoms with E-state index in [-0.39, 0.29) is 12.0 Å². The van der Waals surface area contributed by atoms with Gasteiger partial charge in [0.1, 0.15) is 6.10 Å². The minimum absolute atomic E-state index is 0.00278. The molecule has 1 N–H and O–H groups in total. The van der Waals surface area contributed by atoms with Gasteiger partial charge in [-0.1, -0.05) is 13.8 Å². The first-order chi connectivity index (χ1) is 5.94. The number of methoxy groups -OCH3 is 1. The van der Waals surface area contributed by atoms with Crippen molar-refractivity contribution in [3.63, 3.8) is 0 Å². The Morgan fingerprint density at radius 2 is 2.08 bits per heavy atom. The van der Waals surface area contributed by atoms with Gasteiger partial charge in [0.2, 0.25) is 5.91 Å². The quantitative estimate of drug-likeness (QED) is 0.720. The van der Waals surface area contributed by atoms with Gasteiger partial charge in [0.25, 0.3) is 0 Å². The lowest BCUT2D eigenvalue weighted by Gasteiger charge is -2.43. The van der Waals surface area contributed by atoms with E-state index in [4.69, 9.17) is 4.74 Å². The summed E-state index contributed by atoms with van der Waals surface area (Å²) in [6, 6.07) is 0.361. The number of hydrogen-bond acceptors (Lipinski definition) is 2. The van der Waals surface area contributed by atoms with Gasteiger partial charge in [-0.3, -0.25) is 4.79 Å². The van der Waals surface area contributed by atoms with Crippen LogP contribution in [0.25, 0.3) is 0 Å². The molecular formula is C10H19NO2. The molecule has 3 nitrogen and oxygen atoms in total. The Bertz CT molecular complexity index is 193. The van der Waals surface area contributed by atoms with Gasteiger partial charge >= 0.3 is 0 Å². The molecule has 1 atom stereocenters. The number of carbonyl (C=O) groups is 1. The molecule has 76 valence electrons. The molecule has 0 aliphatic heterocycles. The lowest BCUT2D eigenvalue weighted by atomic mass is 9.68. The first-order valence-electron chi connectivity index (χ1n) is 4.78. The third kappa shape index (κ3) is 2.69. The molecular weight excluding hydrogens is 166 g/mol. The summed E-state index contributed by atoms with van der Waals surface area (Å²) in [7, 11) is 1.55. The Hall–Kier alpha value is -0.570. The van der Waals surface area contributed by atoms with Crippen molar-refractivity contribution < 1.29 is 9.53 Å². The van der Waals surface area contributed by atoms with Crippen LogP contribution in [0.4, 0.5) is 0 Å². The highest BCUT2D eigenvalue weighted by Crippen LogP contribution is 2.39. The second kappa shape index (κ2) is 3.66. The van der Waals surface area contributed by atoms with Crippen LogP contribution < -0.4 is 5.32 Å². The van der Waals surface area contributed by atoms with Crippen molar-refractivity contribution in [3.05, 3.63) is 0 Å². The topological polar surface area (TPSA) is 38.3 Å². The first-order valence-corrected chi connectivity index (χ1v) is 4.78. The van der Waals surface area contributed by atoms with Crippen molar-refractivity contribution in [2.75, 3.05) is 7.11 Å². The lowest BCUT2D eigenvalue weighted by Crippen LogP contribution is -2.50. The largest absolute Gasteiger partial charge is 0.372 e. The van der Waals surface area contributed by atoms with E-state index < -0.39 is 0 Å². The molecule has 0 aromatic carbocycles. The van der Waals surface area contributed by atoms with Crippen molar-refractivity contribution in [1.82, 2.24) is 5.32 Å². The zero-order chi connectivity index (χ0) is 10.1. The molecule has 0 spiro atoms. The van der Waals surface area contributed by atoms with Crippen LogP contribution in [-0.2, 0) is 9.53 Å². The van der Waals surface area contributed by atoms with E-state index in [1.54, 1.807) is 14.0 Å². The first kappa shape index (κ1) is 10.5. The summed E-state index contributed by atoms with van der Waals surface area (Å²) in [5.74, 6) is 0.00278. The summed E-state index contributed by atoms with van der Waals surface area (Å²) in [5.41, 5.74) is 0.411. The van der Waals surface area contributed by atoms with Crippen molar-refractivity contribution in [3.8, 4) is 0 Å². The van der Waals surface area contributed by atoms with Crippen molar-refractivity contribution in [2.24, 2.45) is 5.41 Å². The van der Waals surface area contributed by atoms with Crippen LogP contribution in [0.2, 0.25) is 0 Å². The number of carbonyl (C=O) groups excluding carboxylic acids is 1. The molecule has 1 saturated carbocycles. The molecule has 1 aliphatic carbocycles. The minimum atomic E-state index is -0.330. The van der Waals surface area contributed by atoms with Crippen LogP contribution in [0.3, 0.4) is 0 Å². The normalized spacial score (nSPS) is 23.4. The van der Waals surface area contributed by atoms with Gasteiger partial charge in [-0.25, -0.2) is 0 Å². The molecule has 1 amide bonds. The number of hydrogen-bond donors (Lipinski definition) is 1. The predicted molar refractivity (Wildman–Crippen MR) is 51.4 cm³/mol. The summed E-state index contributed by atoms with van der Waals surface area (Å²) < 4.78 is 4.92. The van der Waals surface area contributed by atoms with Gasteiger partial charge in [-0.05, 0) is 25.2 Å². The third-order valence-electron chi connectivity index (χ3n) is 2.67. The van der Waals surface area contributed by atoms with E-state index in [0.29, 0.717) is 11.5 Å². The Balaban J connectivity index is 2.24. The number of rotatable bonds is 3. The molecule has 13 heavy (non-hydrogen) atoms. The number of ether oxygens (including phenoxy) is 1. The van der Waals surface area contributed by atoms with E-state index in [1.807, 2.05) is 0 Å². The fourth-order valence-corrected chi connectivity index (χ4v) is 1.80. The summed E-state index contributed by atoms with van der Waals surface area (Å²) in [5, 5.41) is 2.96. The Morgan fingerprint density at radius 3 is 2.46 bits per heavy atom. The molecule has 0 saturated heterocycles. The standard InChI is InChI=1S/C10H19NO2/c1-7(13-4)9(12)11-8-5-10(2,3)6-8/h7-8H,5-6H2,1-4H3,(H,11,12). The molecule has 1 unspecified atom stereocenters. The Morgan fingerprint density at radius 1 is 1.54 bits per heavy atom. The van der Waals surface area contributed by atoms with E-state index >= 15 is 0 Å². The zero-order valence-electron chi connectivity index (χ0n) is 8.89. The third-order valence-corrected chi connectivity index (χ3v) is 2.67. The highest BCUT2D eigenvalue weighted by Gasteiger charge is 2.37. The molecule has 0 heterocycles. The molecule has 1 aliphatic rings. The van der Waals surface area contributed by atoms with E-state index in [0.717, 1.165) is 12.8 Å². The fourth-order valence-electron chi connectivity index (χ4n) is 1.80. The number of amides is 1. The maximum absolute atomic E-state index is 11.4. The molecule has 0 radical (unpaired) electrons. The van der Waals surface area contributed by atoms with Gasteiger partial charge in [0.15, 0.2) is 0 Å². The van der Waals surface area contributed by atoms with Crippen LogP contribution in [0.15, 0.2) is 0 Å². The van der Waals surface area contributed by atoms with Crippen LogP contribution in [0.5, 0.6) is 0 Å². The van der Waals surface area contributed by atoms with Gasteiger partial charge in [-0.15, -0.1) is 0 Å². The van der Waals surface area contributed by atoms with Crippen molar-refractivity contribution in [1.29, 1.82) is 0 Å². The summed E-state index contributed by atoms with van der Waals surface area (Å²) in [4.78, 5) is 11.4. The molecule has 3 heteroatoms. The van der Waals surface area contributed by atoms with Gasteiger partial charge in [0, 0.05) is 13.2 Å². The van der Waals surface area contributed by atoms with Crippen molar-refractivity contribution >= 4 is 5.91 Å². The zero-order valence-corrected chi connectivity index (χ0v) is 8.89. The second-order valence-electron chi connectivity index (χ2n) is 4.66. The molecule has 0 aromatic rings. The second-order valence-corrected chi connectivity index (χ2v) is 4.66. The minimum Gasteiger partial charge on any atom is -0.372 e. The molecule has 0 bridgehead atoms. The maximum atomic E-state index is 11.4. The average molecular weight is 185 g/mol. The number of nitrogens with one attached hydrogen (secondary N) is 1. The Kier molecular flexibility index (Phi) is 2.96. The van der Waals surface area contributed by atoms with Crippen LogP contribution >= 0.6 is 0 Å².